The van der Waals surface area contributed by atoms with E-state index in [-0.39, 0.29) is 19.0 Å². The van der Waals surface area contributed by atoms with Crippen LogP contribution < -0.4 is 5.73 Å². The van der Waals surface area contributed by atoms with E-state index in [4.69, 9.17) is 15.2 Å². The van der Waals surface area contributed by atoms with Gasteiger partial charge in [-0.2, -0.15) is 0 Å². The predicted molar refractivity (Wildman–Crippen MR) is 69.7 cm³/mol. The van der Waals surface area contributed by atoms with Gasteiger partial charge in [0.2, 0.25) is 0 Å². The summed E-state index contributed by atoms with van der Waals surface area (Å²) in [6.07, 6.45) is 2.19. The van der Waals surface area contributed by atoms with E-state index in [0.29, 0.717) is 24.3 Å². The lowest BCUT2D eigenvalue weighted by atomic mass is 10.1. The van der Waals surface area contributed by atoms with Crippen molar-refractivity contribution in [2.24, 2.45) is 5.73 Å². The Labute approximate surface area is 108 Å². The molecule has 102 valence electrons. The molecule has 0 spiro atoms. The topological polar surface area (TPSA) is 44.5 Å². The molecule has 1 aromatic rings. The van der Waals surface area contributed by atoms with Gasteiger partial charge in [0.05, 0.1) is 19.8 Å². The van der Waals surface area contributed by atoms with Crippen LogP contribution in [0.1, 0.15) is 30.9 Å². The van der Waals surface area contributed by atoms with Gasteiger partial charge in [-0.3, -0.25) is 0 Å². The van der Waals surface area contributed by atoms with E-state index in [0.717, 1.165) is 19.4 Å². The standard InChI is InChI=1S/C14H22FNO2/c1-2-3-7-17-8-9-18-11-13-6-4-5-12(10-16)14(13)15/h4-6H,2-3,7-11,16H2,1H3. The second-order valence-electron chi connectivity index (χ2n) is 4.11. The van der Waals surface area contributed by atoms with E-state index in [9.17, 15) is 4.39 Å². The summed E-state index contributed by atoms with van der Waals surface area (Å²) in [5.41, 5.74) is 6.51. The van der Waals surface area contributed by atoms with Gasteiger partial charge in [-0.15, -0.1) is 0 Å². The summed E-state index contributed by atoms with van der Waals surface area (Å²) in [6, 6.07) is 5.20. The van der Waals surface area contributed by atoms with Crippen LogP contribution in [0.5, 0.6) is 0 Å². The van der Waals surface area contributed by atoms with Gasteiger partial charge in [-0.05, 0) is 6.42 Å². The molecule has 0 aliphatic rings. The fourth-order valence-corrected chi connectivity index (χ4v) is 1.55. The first kappa shape index (κ1) is 15.1. The molecule has 4 heteroatoms. The summed E-state index contributed by atoms with van der Waals surface area (Å²) in [4.78, 5) is 0. The van der Waals surface area contributed by atoms with Gasteiger partial charge in [0.1, 0.15) is 5.82 Å². The molecule has 0 aliphatic carbocycles. The molecule has 3 nitrogen and oxygen atoms in total. The van der Waals surface area contributed by atoms with Crippen molar-refractivity contribution in [3.63, 3.8) is 0 Å². The fourth-order valence-electron chi connectivity index (χ4n) is 1.55. The van der Waals surface area contributed by atoms with Crippen LogP contribution >= 0.6 is 0 Å². The van der Waals surface area contributed by atoms with Crippen molar-refractivity contribution in [3.05, 3.63) is 35.1 Å². The first-order valence-corrected chi connectivity index (χ1v) is 6.41. The molecule has 2 N–H and O–H groups in total. The van der Waals surface area contributed by atoms with Crippen LogP contribution in [0, 0.1) is 5.82 Å². The highest BCUT2D eigenvalue weighted by molar-refractivity contribution is 5.25. The van der Waals surface area contributed by atoms with Crippen molar-refractivity contribution in [3.8, 4) is 0 Å². The Hall–Kier alpha value is -0.970. The fraction of sp³-hybridized carbons (Fsp3) is 0.571. The number of halogens is 1. The minimum absolute atomic E-state index is 0.208. The number of hydrogen-bond acceptors (Lipinski definition) is 3. The third-order valence-electron chi connectivity index (χ3n) is 2.65. The van der Waals surface area contributed by atoms with Gasteiger partial charge in [0, 0.05) is 24.3 Å². The van der Waals surface area contributed by atoms with Crippen LogP contribution in [0.25, 0.3) is 0 Å². The van der Waals surface area contributed by atoms with Gasteiger partial charge >= 0.3 is 0 Å². The van der Waals surface area contributed by atoms with Crippen LogP contribution in [-0.2, 0) is 22.6 Å². The molecule has 0 saturated heterocycles. The third-order valence-corrected chi connectivity index (χ3v) is 2.65. The second kappa shape index (κ2) is 9.03. The normalized spacial score (nSPS) is 10.8. The minimum Gasteiger partial charge on any atom is -0.379 e. The molecular weight excluding hydrogens is 233 g/mol. The first-order valence-electron chi connectivity index (χ1n) is 6.41. The largest absolute Gasteiger partial charge is 0.379 e. The van der Waals surface area contributed by atoms with E-state index in [2.05, 4.69) is 6.92 Å². The van der Waals surface area contributed by atoms with E-state index in [1.165, 1.54) is 0 Å². The number of unbranched alkanes of at least 4 members (excludes halogenated alkanes) is 1. The number of nitrogens with two attached hydrogens (primary N) is 1. The Bertz CT molecular complexity index is 345. The summed E-state index contributed by atoms with van der Waals surface area (Å²) < 4.78 is 24.5. The van der Waals surface area contributed by atoms with Gasteiger partial charge in [0.15, 0.2) is 0 Å². The predicted octanol–water partition coefficient (Wildman–Crippen LogP) is 2.62. The van der Waals surface area contributed by atoms with Gasteiger partial charge < -0.3 is 15.2 Å². The molecule has 0 atom stereocenters. The number of rotatable bonds is 9. The highest BCUT2D eigenvalue weighted by atomic mass is 19.1. The quantitative estimate of drug-likeness (QED) is 0.690. The number of ether oxygens (including phenoxy) is 2. The maximum absolute atomic E-state index is 13.8. The van der Waals surface area contributed by atoms with E-state index in [1.807, 2.05) is 0 Å². The van der Waals surface area contributed by atoms with Crippen molar-refractivity contribution in [2.75, 3.05) is 19.8 Å². The van der Waals surface area contributed by atoms with Crippen LogP contribution in [0.2, 0.25) is 0 Å². The number of hydrogen-bond donors (Lipinski definition) is 1. The molecule has 0 aliphatic heterocycles. The zero-order valence-corrected chi connectivity index (χ0v) is 11.0. The van der Waals surface area contributed by atoms with Crippen LogP contribution in [0.4, 0.5) is 4.39 Å². The molecule has 18 heavy (non-hydrogen) atoms. The highest BCUT2D eigenvalue weighted by Gasteiger charge is 2.06. The Morgan fingerprint density at radius 2 is 1.83 bits per heavy atom. The average Bonchev–Trinajstić information content (AvgIpc) is 2.39. The van der Waals surface area contributed by atoms with Crippen molar-refractivity contribution in [1.29, 1.82) is 0 Å². The maximum atomic E-state index is 13.8. The third kappa shape index (κ3) is 5.12. The summed E-state index contributed by atoms with van der Waals surface area (Å²) in [7, 11) is 0. The smallest absolute Gasteiger partial charge is 0.133 e. The maximum Gasteiger partial charge on any atom is 0.133 e. The molecule has 1 aromatic carbocycles. The van der Waals surface area contributed by atoms with Crippen molar-refractivity contribution in [2.45, 2.75) is 32.9 Å². The van der Waals surface area contributed by atoms with Crippen LogP contribution in [-0.4, -0.2) is 19.8 Å². The molecule has 0 amide bonds. The van der Waals surface area contributed by atoms with Crippen molar-refractivity contribution < 1.29 is 13.9 Å². The van der Waals surface area contributed by atoms with Gasteiger partial charge in [-0.25, -0.2) is 4.39 Å². The average molecular weight is 255 g/mol. The molecule has 0 bridgehead atoms. The van der Waals surface area contributed by atoms with Crippen molar-refractivity contribution >= 4 is 0 Å². The molecule has 0 heterocycles. The lowest BCUT2D eigenvalue weighted by Gasteiger charge is -2.08. The Kier molecular flexibility index (Phi) is 7.57. The lowest BCUT2D eigenvalue weighted by Crippen LogP contribution is -2.07. The first-order chi connectivity index (χ1) is 8.79. The summed E-state index contributed by atoms with van der Waals surface area (Å²) in [6.45, 7) is 4.38. The SMILES string of the molecule is CCCCOCCOCc1cccc(CN)c1F. The summed E-state index contributed by atoms with van der Waals surface area (Å²) in [5.74, 6) is -0.257. The van der Waals surface area contributed by atoms with Crippen LogP contribution in [0.3, 0.4) is 0 Å². The Morgan fingerprint density at radius 1 is 1.11 bits per heavy atom. The van der Waals surface area contributed by atoms with Crippen molar-refractivity contribution in [1.82, 2.24) is 0 Å². The minimum atomic E-state index is -0.257. The highest BCUT2D eigenvalue weighted by Crippen LogP contribution is 2.13. The van der Waals surface area contributed by atoms with E-state index in [1.54, 1.807) is 18.2 Å². The Morgan fingerprint density at radius 3 is 2.56 bits per heavy atom. The molecule has 0 saturated carbocycles. The lowest BCUT2D eigenvalue weighted by molar-refractivity contribution is 0.0387. The zero-order chi connectivity index (χ0) is 13.2. The molecule has 0 unspecified atom stereocenters. The van der Waals surface area contributed by atoms with Crippen LogP contribution in [0.15, 0.2) is 18.2 Å². The zero-order valence-electron chi connectivity index (χ0n) is 11.0. The Balaban J connectivity index is 2.23. The molecular formula is C14H22FNO2. The monoisotopic (exact) mass is 255 g/mol. The van der Waals surface area contributed by atoms with E-state index < -0.39 is 0 Å². The van der Waals surface area contributed by atoms with Gasteiger partial charge in [0.25, 0.3) is 0 Å². The van der Waals surface area contributed by atoms with E-state index >= 15 is 0 Å². The molecule has 0 radical (unpaired) electrons. The number of benzene rings is 1. The summed E-state index contributed by atoms with van der Waals surface area (Å²) >= 11 is 0. The van der Waals surface area contributed by atoms with Gasteiger partial charge in [-0.1, -0.05) is 31.5 Å². The molecule has 1 rings (SSSR count). The molecule has 0 aromatic heterocycles. The molecule has 0 fully saturated rings. The second-order valence-corrected chi connectivity index (χ2v) is 4.11. The summed E-state index contributed by atoms with van der Waals surface area (Å²) in [5, 5.41) is 0.